The zero-order chi connectivity index (χ0) is 23.4. The minimum Gasteiger partial charge on any atom is -0.495 e. The molecule has 2 amide bonds. The van der Waals surface area contributed by atoms with Crippen LogP contribution in [0.25, 0.3) is 5.69 Å². The average Bonchev–Trinajstić information content (AvgIpc) is 3.40. The van der Waals surface area contributed by atoms with Crippen LogP contribution < -0.4 is 15.0 Å². The van der Waals surface area contributed by atoms with Gasteiger partial charge in [0.05, 0.1) is 30.1 Å². The predicted octanol–water partition coefficient (Wildman–Crippen LogP) is 2.72. The molecule has 9 nitrogen and oxygen atoms in total. The third-order valence-corrected chi connectivity index (χ3v) is 5.28. The number of anilines is 2. The van der Waals surface area contributed by atoms with Crippen LogP contribution in [0, 0.1) is 12.8 Å². The Labute approximate surface area is 190 Å². The Morgan fingerprint density at radius 3 is 2.61 bits per heavy atom. The fourth-order valence-corrected chi connectivity index (χ4v) is 3.74. The lowest BCUT2D eigenvalue weighted by atomic mass is 10.1. The van der Waals surface area contributed by atoms with Crippen molar-refractivity contribution in [2.75, 3.05) is 30.5 Å². The number of amides is 2. The summed E-state index contributed by atoms with van der Waals surface area (Å²) in [6.45, 7) is 1.52. The summed E-state index contributed by atoms with van der Waals surface area (Å²) < 4.78 is 12.1. The summed E-state index contributed by atoms with van der Waals surface area (Å²) in [5.74, 6) is -0.932. The molecule has 1 aromatic heterocycles. The van der Waals surface area contributed by atoms with Crippen molar-refractivity contribution in [3.63, 3.8) is 0 Å². The van der Waals surface area contributed by atoms with E-state index in [2.05, 4.69) is 10.4 Å². The number of nitrogens with zero attached hydrogens (tertiary/aromatic N) is 3. The molecule has 9 heteroatoms. The second-order valence-electron chi connectivity index (χ2n) is 7.65. The monoisotopic (exact) mass is 448 g/mol. The topological polar surface area (TPSA) is 103 Å². The van der Waals surface area contributed by atoms with E-state index < -0.39 is 24.4 Å². The first-order chi connectivity index (χ1) is 16.0. The highest BCUT2D eigenvalue weighted by atomic mass is 16.5. The van der Waals surface area contributed by atoms with Gasteiger partial charge in [0, 0.05) is 19.0 Å². The van der Waals surface area contributed by atoms with E-state index in [1.807, 2.05) is 37.3 Å². The van der Waals surface area contributed by atoms with E-state index >= 15 is 0 Å². The molecule has 3 aromatic rings. The molecule has 0 spiro atoms. The van der Waals surface area contributed by atoms with Gasteiger partial charge in [0.25, 0.3) is 5.91 Å². The van der Waals surface area contributed by atoms with Crippen LogP contribution in [0.2, 0.25) is 0 Å². The van der Waals surface area contributed by atoms with E-state index in [0.29, 0.717) is 17.3 Å². The van der Waals surface area contributed by atoms with E-state index in [-0.39, 0.29) is 18.9 Å². The standard InChI is InChI=1S/C24H24N4O5/c1-16-12-21(28(26-16)18-8-4-3-5-9-18)25-22(29)15-33-24(31)17-13-23(30)27(14-17)19-10-6-7-11-20(19)32-2/h3-12,17H,13-15H2,1-2H3,(H,25,29). The Hall–Kier alpha value is -4.14. The lowest BCUT2D eigenvalue weighted by Gasteiger charge is -2.19. The number of benzene rings is 2. The molecule has 0 radical (unpaired) electrons. The number of carbonyl (C=O) groups excluding carboxylic acids is 3. The molecule has 1 aliphatic heterocycles. The molecule has 1 fully saturated rings. The summed E-state index contributed by atoms with van der Waals surface area (Å²) in [6, 6.07) is 18.2. The maximum atomic E-state index is 12.5. The molecule has 1 saturated heterocycles. The fraction of sp³-hybridized carbons (Fsp3) is 0.250. The number of carbonyl (C=O) groups is 3. The molecule has 2 heterocycles. The van der Waals surface area contributed by atoms with Crippen molar-refractivity contribution in [3.8, 4) is 11.4 Å². The predicted molar refractivity (Wildman–Crippen MR) is 121 cm³/mol. The van der Waals surface area contributed by atoms with Crippen molar-refractivity contribution in [3.05, 3.63) is 66.4 Å². The van der Waals surface area contributed by atoms with Crippen LogP contribution in [-0.4, -0.2) is 47.8 Å². The van der Waals surface area contributed by atoms with Crippen molar-refractivity contribution in [1.82, 2.24) is 9.78 Å². The molecule has 4 rings (SSSR count). The molecule has 1 N–H and O–H groups in total. The van der Waals surface area contributed by atoms with Gasteiger partial charge in [-0.25, -0.2) is 4.68 Å². The summed E-state index contributed by atoms with van der Waals surface area (Å²) in [5.41, 5.74) is 2.12. The van der Waals surface area contributed by atoms with E-state index in [1.165, 1.54) is 12.0 Å². The van der Waals surface area contributed by atoms with E-state index in [9.17, 15) is 14.4 Å². The number of methoxy groups -OCH3 is 1. The maximum Gasteiger partial charge on any atom is 0.311 e. The van der Waals surface area contributed by atoms with Gasteiger partial charge in [0.1, 0.15) is 11.6 Å². The lowest BCUT2D eigenvalue weighted by molar-refractivity contribution is -0.151. The van der Waals surface area contributed by atoms with Crippen LogP contribution in [0.15, 0.2) is 60.7 Å². The highest BCUT2D eigenvalue weighted by Crippen LogP contribution is 2.33. The van der Waals surface area contributed by atoms with Gasteiger partial charge in [-0.05, 0) is 31.2 Å². The summed E-state index contributed by atoms with van der Waals surface area (Å²) in [5, 5.41) is 7.12. The number of esters is 1. The van der Waals surface area contributed by atoms with Crippen LogP contribution in [0.3, 0.4) is 0 Å². The number of nitrogens with one attached hydrogen (secondary N) is 1. The number of hydrogen-bond donors (Lipinski definition) is 1. The van der Waals surface area contributed by atoms with Gasteiger partial charge in [-0.15, -0.1) is 0 Å². The summed E-state index contributed by atoms with van der Waals surface area (Å²) >= 11 is 0. The molecular weight excluding hydrogens is 424 g/mol. The maximum absolute atomic E-state index is 12.5. The number of rotatable bonds is 7. The minimum absolute atomic E-state index is 0.0124. The summed E-state index contributed by atoms with van der Waals surface area (Å²) in [7, 11) is 1.52. The zero-order valence-corrected chi connectivity index (χ0v) is 18.4. The van der Waals surface area contributed by atoms with Crippen molar-refractivity contribution < 1.29 is 23.9 Å². The molecule has 1 aliphatic rings. The summed E-state index contributed by atoms with van der Waals surface area (Å²) in [6.07, 6.45) is 0.0124. The van der Waals surface area contributed by atoms with Crippen molar-refractivity contribution in [1.29, 1.82) is 0 Å². The number of aryl methyl sites for hydroxylation is 1. The van der Waals surface area contributed by atoms with Crippen LogP contribution in [0.5, 0.6) is 5.75 Å². The largest absolute Gasteiger partial charge is 0.495 e. The minimum atomic E-state index is -0.660. The number of aromatic nitrogens is 2. The summed E-state index contributed by atoms with van der Waals surface area (Å²) in [4.78, 5) is 39.0. The van der Waals surface area contributed by atoms with Gasteiger partial charge >= 0.3 is 5.97 Å². The Morgan fingerprint density at radius 2 is 1.85 bits per heavy atom. The third kappa shape index (κ3) is 4.87. The highest BCUT2D eigenvalue weighted by Gasteiger charge is 2.37. The number of ether oxygens (including phenoxy) is 2. The number of para-hydroxylation sites is 3. The highest BCUT2D eigenvalue weighted by molar-refractivity contribution is 6.01. The first kappa shape index (κ1) is 22.1. The second-order valence-corrected chi connectivity index (χ2v) is 7.65. The Kier molecular flexibility index (Phi) is 6.39. The third-order valence-electron chi connectivity index (χ3n) is 5.28. The Morgan fingerprint density at radius 1 is 1.12 bits per heavy atom. The van der Waals surface area contributed by atoms with E-state index in [4.69, 9.17) is 9.47 Å². The van der Waals surface area contributed by atoms with Gasteiger partial charge in [-0.3, -0.25) is 14.4 Å². The Bertz CT molecular complexity index is 1170. The van der Waals surface area contributed by atoms with Crippen LogP contribution in [0.4, 0.5) is 11.5 Å². The normalized spacial score (nSPS) is 15.4. The molecule has 170 valence electrons. The molecule has 0 bridgehead atoms. The van der Waals surface area contributed by atoms with Gasteiger partial charge < -0.3 is 19.7 Å². The first-order valence-electron chi connectivity index (χ1n) is 10.5. The Balaban J connectivity index is 1.35. The molecular formula is C24H24N4O5. The van der Waals surface area contributed by atoms with Crippen molar-refractivity contribution >= 4 is 29.3 Å². The quantitative estimate of drug-likeness (QED) is 0.558. The molecule has 1 unspecified atom stereocenters. The van der Waals surface area contributed by atoms with Gasteiger partial charge in [0.2, 0.25) is 5.91 Å². The molecule has 33 heavy (non-hydrogen) atoms. The van der Waals surface area contributed by atoms with E-state index in [0.717, 1.165) is 11.4 Å². The van der Waals surface area contributed by atoms with Gasteiger partial charge in [-0.2, -0.15) is 5.10 Å². The molecule has 0 aliphatic carbocycles. The SMILES string of the molecule is COc1ccccc1N1CC(C(=O)OCC(=O)Nc2cc(C)nn2-c2ccccc2)CC1=O. The van der Waals surface area contributed by atoms with Crippen LogP contribution >= 0.6 is 0 Å². The van der Waals surface area contributed by atoms with Crippen LogP contribution in [0.1, 0.15) is 12.1 Å². The molecule has 2 aromatic carbocycles. The second kappa shape index (κ2) is 9.56. The zero-order valence-electron chi connectivity index (χ0n) is 18.4. The molecule has 0 saturated carbocycles. The fourth-order valence-electron chi connectivity index (χ4n) is 3.74. The van der Waals surface area contributed by atoms with Gasteiger partial charge in [-0.1, -0.05) is 30.3 Å². The smallest absolute Gasteiger partial charge is 0.311 e. The first-order valence-corrected chi connectivity index (χ1v) is 10.5. The number of hydrogen-bond acceptors (Lipinski definition) is 6. The van der Waals surface area contributed by atoms with E-state index in [1.54, 1.807) is 35.0 Å². The van der Waals surface area contributed by atoms with Crippen molar-refractivity contribution in [2.24, 2.45) is 5.92 Å². The average molecular weight is 448 g/mol. The van der Waals surface area contributed by atoms with Crippen molar-refractivity contribution in [2.45, 2.75) is 13.3 Å². The van der Waals surface area contributed by atoms with Crippen LogP contribution in [-0.2, 0) is 19.1 Å². The van der Waals surface area contributed by atoms with Gasteiger partial charge in [0.15, 0.2) is 6.61 Å². The molecule has 1 atom stereocenters. The lowest BCUT2D eigenvalue weighted by Crippen LogP contribution is -2.28.